The third-order valence-corrected chi connectivity index (χ3v) is 4.75. The molecule has 3 heterocycles. The van der Waals surface area contributed by atoms with Crippen molar-refractivity contribution >= 4 is 0 Å². The summed E-state index contributed by atoms with van der Waals surface area (Å²) in [4.78, 5) is 25.0. The van der Waals surface area contributed by atoms with E-state index in [1.165, 1.54) is 17.0 Å². The molecular formula is C22H18N4O2. The summed E-state index contributed by atoms with van der Waals surface area (Å²) < 4.78 is 1.49. The molecule has 0 fully saturated rings. The lowest BCUT2D eigenvalue weighted by molar-refractivity contribution is 0.0362. The van der Waals surface area contributed by atoms with Gasteiger partial charge >= 0.3 is 0 Å². The number of hydrogen-bond acceptors (Lipinski definition) is 5. The first kappa shape index (κ1) is 17.8. The molecule has 1 atom stereocenters. The fourth-order valence-electron chi connectivity index (χ4n) is 3.47. The Morgan fingerprint density at radius 1 is 0.786 bits per heavy atom. The van der Waals surface area contributed by atoms with Crippen LogP contribution in [0.4, 0.5) is 0 Å². The number of rotatable bonds is 5. The minimum atomic E-state index is -1.59. The SMILES string of the molecule is O=c1cnccn1C(c1ccccc1)C(O)(c1cccnc1)c1cccnc1. The van der Waals surface area contributed by atoms with Crippen LogP contribution in [0, 0.1) is 0 Å². The minimum absolute atomic E-state index is 0.317. The van der Waals surface area contributed by atoms with Crippen molar-refractivity contribution in [3.8, 4) is 0 Å². The van der Waals surface area contributed by atoms with Gasteiger partial charge in [0, 0.05) is 48.3 Å². The van der Waals surface area contributed by atoms with Crippen LogP contribution in [0.2, 0.25) is 0 Å². The third kappa shape index (κ3) is 3.10. The Kier molecular flexibility index (Phi) is 4.78. The lowest BCUT2D eigenvalue weighted by Gasteiger charge is -2.38. The standard InChI is InChI=1S/C22H18N4O2/c27-20-16-25-12-13-26(20)21(17-6-2-1-3-7-17)22(28,18-8-4-10-23-14-18)19-9-5-11-24-15-19/h1-16,21,28H. The number of hydrogen-bond donors (Lipinski definition) is 1. The molecule has 0 saturated heterocycles. The van der Waals surface area contributed by atoms with Gasteiger partial charge in [-0.25, -0.2) is 0 Å². The summed E-state index contributed by atoms with van der Waals surface area (Å²) in [5, 5.41) is 12.2. The molecular weight excluding hydrogens is 352 g/mol. The van der Waals surface area contributed by atoms with Crippen molar-refractivity contribution in [2.75, 3.05) is 0 Å². The Balaban J connectivity index is 2.06. The van der Waals surface area contributed by atoms with Crippen molar-refractivity contribution in [1.29, 1.82) is 0 Å². The zero-order valence-corrected chi connectivity index (χ0v) is 15.0. The predicted octanol–water partition coefficient (Wildman–Crippen LogP) is 2.56. The van der Waals surface area contributed by atoms with Gasteiger partial charge in [0.05, 0.1) is 12.2 Å². The van der Waals surface area contributed by atoms with E-state index in [1.807, 2.05) is 30.3 Å². The number of pyridine rings is 2. The molecule has 0 saturated carbocycles. The van der Waals surface area contributed by atoms with Crippen LogP contribution in [0.5, 0.6) is 0 Å². The Morgan fingerprint density at radius 2 is 1.39 bits per heavy atom. The Morgan fingerprint density at radius 3 is 1.93 bits per heavy atom. The van der Waals surface area contributed by atoms with Crippen molar-refractivity contribution in [3.05, 3.63) is 125 Å². The van der Waals surface area contributed by atoms with E-state index in [0.717, 1.165) is 5.56 Å². The average Bonchev–Trinajstić information content (AvgIpc) is 2.77. The summed E-state index contributed by atoms with van der Waals surface area (Å²) >= 11 is 0. The first-order valence-electron chi connectivity index (χ1n) is 8.82. The molecule has 0 aliphatic rings. The molecule has 0 aliphatic heterocycles. The maximum absolute atomic E-state index is 12.7. The molecule has 3 aromatic heterocycles. The Hall–Kier alpha value is -3.64. The summed E-state index contributed by atoms with van der Waals surface area (Å²) in [5.74, 6) is 0. The molecule has 6 nitrogen and oxygen atoms in total. The molecule has 0 amide bonds. The highest BCUT2D eigenvalue weighted by atomic mass is 16.3. The smallest absolute Gasteiger partial charge is 0.269 e. The van der Waals surface area contributed by atoms with Gasteiger partial charge in [0.15, 0.2) is 0 Å². The molecule has 1 N–H and O–H groups in total. The van der Waals surface area contributed by atoms with Crippen molar-refractivity contribution in [1.82, 2.24) is 19.5 Å². The molecule has 4 rings (SSSR count). The lowest BCUT2D eigenvalue weighted by Crippen LogP contribution is -2.42. The fraction of sp³-hybridized carbons (Fsp3) is 0.0909. The van der Waals surface area contributed by atoms with Crippen molar-refractivity contribution in [2.24, 2.45) is 0 Å². The first-order valence-corrected chi connectivity index (χ1v) is 8.82. The van der Waals surface area contributed by atoms with Crippen LogP contribution in [0.1, 0.15) is 22.7 Å². The maximum atomic E-state index is 12.7. The van der Waals surface area contributed by atoms with Crippen LogP contribution in [0.15, 0.2) is 103 Å². The van der Waals surface area contributed by atoms with E-state index in [1.54, 1.807) is 55.2 Å². The molecule has 28 heavy (non-hydrogen) atoms. The zero-order chi connectivity index (χ0) is 19.4. The fourth-order valence-corrected chi connectivity index (χ4v) is 3.47. The molecule has 138 valence electrons. The quantitative estimate of drug-likeness (QED) is 0.584. The van der Waals surface area contributed by atoms with Gasteiger partial charge in [-0.15, -0.1) is 0 Å². The summed E-state index contributed by atoms with van der Waals surface area (Å²) in [7, 11) is 0. The molecule has 0 aliphatic carbocycles. The monoisotopic (exact) mass is 370 g/mol. The second-order valence-electron chi connectivity index (χ2n) is 6.38. The number of aliphatic hydroxyl groups is 1. The molecule has 6 heteroatoms. The molecule has 0 spiro atoms. The van der Waals surface area contributed by atoms with E-state index in [0.29, 0.717) is 11.1 Å². The maximum Gasteiger partial charge on any atom is 0.269 e. The third-order valence-electron chi connectivity index (χ3n) is 4.75. The summed E-state index contributed by atoms with van der Waals surface area (Å²) in [6.07, 6.45) is 10.8. The highest BCUT2D eigenvalue weighted by molar-refractivity contribution is 5.40. The normalized spacial score (nSPS) is 12.5. The lowest BCUT2D eigenvalue weighted by atomic mass is 9.78. The van der Waals surface area contributed by atoms with E-state index in [2.05, 4.69) is 15.0 Å². The zero-order valence-electron chi connectivity index (χ0n) is 15.0. The van der Waals surface area contributed by atoms with Gasteiger partial charge in [0.25, 0.3) is 5.56 Å². The van der Waals surface area contributed by atoms with Crippen molar-refractivity contribution in [2.45, 2.75) is 11.6 Å². The van der Waals surface area contributed by atoms with Crippen LogP contribution in [-0.2, 0) is 5.60 Å². The number of aromatic nitrogens is 4. The summed E-state index contributed by atoms with van der Waals surface area (Å²) in [6, 6.07) is 15.8. The van der Waals surface area contributed by atoms with Crippen LogP contribution in [0.3, 0.4) is 0 Å². The molecule has 4 aromatic rings. The van der Waals surface area contributed by atoms with E-state index in [-0.39, 0.29) is 5.56 Å². The molecule has 1 unspecified atom stereocenters. The highest BCUT2D eigenvalue weighted by Crippen LogP contribution is 2.42. The van der Waals surface area contributed by atoms with Crippen LogP contribution in [-0.4, -0.2) is 24.6 Å². The number of nitrogens with zero attached hydrogens (tertiary/aromatic N) is 4. The Bertz CT molecular complexity index is 1060. The van der Waals surface area contributed by atoms with E-state index >= 15 is 0 Å². The van der Waals surface area contributed by atoms with Gasteiger partial charge in [-0.2, -0.15) is 0 Å². The van der Waals surface area contributed by atoms with Crippen LogP contribution in [0.25, 0.3) is 0 Å². The summed E-state index contributed by atoms with van der Waals surface area (Å²) in [6.45, 7) is 0. The van der Waals surface area contributed by atoms with Gasteiger partial charge in [0.2, 0.25) is 0 Å². The van der Waals surface area contributed by atoms with Gasteiger partial charge in [-0.05, 0) is 17.7 Å². The summed E-state index contributed by atoms with van der Waals surface area (Å²) in [5.41, 5.74) is -0.0237. The largest absolute Gasteiger partial charge is 0.378 e. The van der Waals surface area contributed by atoms with E-state index in [4.69, 9.17) is 0 Å². The van der Waals surface area contributed by atoms with Crippen LogP contribution < -0.4 is 5.56 Å². The van der Waals surface area contributed by atoms with E-state index in [9.17, 15) is 9.90 Å². The topological polar surface area (TPSA) is 80.9 Å². The van der Waals surface area contributed by atoms with Gasteiger partial charge < -0.3 is 9.67 Å². The average molecular weight is 370 g/mol. The second kappa shape index (κ2) is 7.54. The van der Waals surface area contributed by atoms with Crippen LogP contribution >= 0.6 is 0 Å². The first-order chi connectivity index (χ1) is 13.7. The molecule has 1 aromatic carbocycles. The number of benzene rings is 1. The minimum Gasteiger partial charge on any atom is -0.378 e. The molecule has 0 radical (unpaired) electrons. The van der Waals surface area contributed by atoms with Crippen molar-refractivity contribution < 1.29 is 5.11 Å². The van der Waals surface area contributed by atoms with Gasteiger partial charge in [-0.3, -0.25) is 19.7 Å². The highest BCUT2D eigenvalue weighted by Gasteiger charge is 2.43. The van der Waals surface area contributed by atoms with E-state index < -0.39 is 11.6 Å². The second-order valence-corrected chi connectivity index (χ2v) is 6.38. The van der Waals surface area contributed by atoms with Gasteiger partial charge in [-0.1, -0.05) is 42.5 Å². The van der Waals surface area contributed by atoms with Crippen molar-refractivity contribution in [3.63, 3.8) is 0 Å². The van der Waals surface area contributed by atoms with Gasteiger partial charge in [0.1, 0.15) is 5.60 Å². The Labute approximate surface area is 161 Å². The predicted molar refractivity (Wildman–Crippen MR) is 105 cm³/mol. The molecule has 0 bridgehead atoms.